The fourth-order valence-electron chi connectivity index (χ4n) is 4.13. The van der Waals surface area contributed by atoms with Crippen molar-refractivity contribution in [2.45, 2.75) is 58.3 Å². The molecule has 2 heterocycles. The van der Waals surface area contributed by atoms with E-state index in [1.165, 1.54) is 6.42 Å². The molecule has 1 aromatic rings. The Labute approximate surface area is 132 Å². The molecule has 5 heteroatoms. The lowest BCUT2D eigenvalue weighted by Crippen LogP contribution is -2.48. The first-order valence-electron chi connectivity index (χ1n) is 8.65. The normalized spacial score (nSPS) is 25.1. The molecule has 1 amide bonds. The average molecular weight is 305 g/mol. The van der Waals surface area contributed by atoms with Crippen molar-refractivity contribution < 1.29 is 9.90 Å². The van der Waals surface area contributed by atoms with Gasteiger partial charge in [-0.3, -0.25) is 9.89 Å². The molecule has 22 heavy (non-hydrogen) atoms. The molecule has 0 bridgehead atoms. The summed E-state index contributed by atoms with van der Waals surface area (Å²) in [7, 11) is 0. The molecular formula is C17H27N3O2. The molecule has 1 atom stereocenters. The van der Waals surface area contributed by atoms with Gasteiger partial charge in [-0.1, -0.05) is 13.3 Å². The Morgan fingerprint density at radius 3 is 2.95 bits per heavy atom. The van der Waals surface area contributed by atoms with Gasteiger partial charge in [0.15, 0.2) is 5.69 Å². The van der Waals surface area contributed by atoms with Gasteiger partial charge in [-0.15, -0.1) is 0 Å². The lowest BCUT2D eigenvalue weighted by atomic mass is 9.77. The van der Waals surface area contributed by atoms with Gasteiger partial charge in [-0.25, -0.2) is 0 Å². The highest BCUT2D eigenvalue weighted by Crippen LogP contribution is 2.35. The molecule has 2 aliphatic rings. The third-order valence-electron chi connectivity index (χ3n) is 5.32. The molecule has 1 saturated heterocycles. The fourth-order valence-corrected chi connectivity index (χ4v) is 4.13. The Bertz CT molecular complexity index is 536. The van der Waals surface area contributed by atoms with Gasteiger partial charge in [0.2, 0.25) is 0 Å². The smallest absolute Gasteiger partial charge is 0.274 e. The summed E-state index contributed by atoms with van der Waals surface area (Å²) in [6, 6.07) is 0. The molecule has 2 N–H and O–H groups in total. The monoisotopic (exact) mass is 305 g/mol. The number of likely N-dealkylation sites (tertiary alicyclic amines) is 1. The van der Waals surface area contributed by atoms with Crippen LogP contribution in [-0.2, 0) is 12.8 Å². The standard InChI is InChI=1S/C17H27N3O2/c1-2-8-17(12-21)9-5-10-20(11-17)16(22)15-13-6-3-4-7-14(13)18-19-15/h21H,2-12H2,1H3,(H,18,19). The van der Waals surface area contributed by atoms with Crippen LogP contribution in [0.5, 0.6) is 0 Å². The van der Waals surface area contributed by atoms with Crippen LogP contribution in [0, 0.1) is 5.41 Å². The molecule has 1 aromatic heterocycles. The van der Waals surface area contributed by atoms with E-state index < -0.39 is 0 Å². The van der Waals surface area contributed by atoms with Gasteiger partial charge in [-0.2, -0.15) is 5.10 Å². The molecule has 0 saturated carbocycles. The molecule has 0 aromatic carbocycles. The van der Waals surface area contributed by atoms with Gasteiger partial charge in [0.25, 0.3) is 5.91 Å². The number of aromatic amines is 1. The van der Waals surface area contributed by atoms with Crippen molar-refractivity contribution in [1.82, 2.24) is 15.1 Å². The van der Waals surface area contributed by atoms with E-state index in [9.17, 15) is 9.90 Å². The number of aliphatic hydroxyl groups is 1. The molecular weight excluding hydrogens is 278 g/mol. The largest absolute Gasteiger partial charge is 0.396 e. The van der Waals surface area contributed by atoms with Crippen LogP contribution < -0.4 is 0 Å². The second kappa shape index (κ2) is 6.41. The lowest BCUT2D eigenvalue weighted by molar-refractivity contribution is 0.0218. The third kappa shape index (κ3) is 2.78. The predicted molar refractivity (Wildman–Crippen MR) is 84.8 cm³/mol. The summed E-state index contributed by atoms with van der Waals surface area (Å²) < 4.78 is 0. The van der Waals surface area contributed by atoms with E-state index >= 15 is 0 Å². The number of hydrogen-bond acceptors (Lipinski definition) is 3. The molecule has 122 valence electrons. The van der Waals surface area contributed by atoms with Crippen LogP contribution in [-0.4, -0.2) is 45.8 Å². The van der Waals surface area contributed by atoms with E-state index in [2.05, 4.69) is 17.1 Å². The number of nitrogens with one attached hydrogen (secondary N) is 1. The zero-order chi connectivity index (χ0) is 15.6. The highest BCUT2D eigenvalue weighted by atomic mass is 16.3. The van der Waals surface area contributed by atoms with Gasteiger partial charge in [0, 0.05) is 29.8 Å². The zero-order valence-corrected chi connectivity index (χ0v) is 13.5. The number of aromatic nitrogens is 2. The number of H-pyrrole nitrogens is 1. The lowest BCUT2D eigenvalue weighted by Gasteiger charge is -2.41. The Hall–Kier alpha value is -1.36. The van der Waals surface area contributed by atoms with Crippen LogP contribution in [0.2, 0.25) is 0 Å². The SMILES string of the molecule is CCCC1(CO)CCCN(C(=O)c2n[nH]c3c2CCCC3)C1. The minimum atomic E-state index is -0.112. The topological polar surface area (TPSA) is 69.2 Å². The van der Waals surface area contributed by atoms with Crippen molar-refractivity contribution >= 4 is 5.91 Å². The van der Waals surface area contributed by atoms with Crippen LogP contribution in [0.15, 0.2) is 0 Å². The summed E-state index contributed by atoms with van der Waals surface area (Å²) in [4.78, 5) is 14.8. The number of hydrogen-bond donors (Lipinski definition) is 2. The number of carbonyl (C=O) groups excluding carboxylic acids is 1. The summed E-state index contributed by atoms with van der Waals surface area (Å²) in [5.74, 6) is 0.0491. The van der Waals surface area contributed by atoms with Crippen LogP contribution >= 0.6 is 0 Å². The molecule has 1 unspecified atom stereocenters. The molecule has 1 aliphatic heterocycles. The number of amides is 1. The summed E-state index contributed by atoms with van der Waals surface area (Å²) in [6.45, 7) is 3.76. The van der Waals surface area contributed by atoms with Crippen LogP contribution in [0.1, 0.15) is 67.2 Å². The number of nitrogens with zero attached hydrogens (tertiary/aromatic N) is 2. The number of fused-ring (bicyclic) bond motifs is 1. The minimum Gasteiger partial charge on any atom is -0.396 e. The number of aliphatic hydroxyl groups excluding tert-OH is 1. The molecule has 0 spiro atoms. The summed E-state index contributed by atoms with van der Waals surface area (Å²) in [6.07, 6.45) is 8.29. The number of piperidine rings is 1. The van der Waals surface area contributed by atoms with Crippen LogP contribution in [0.3, 0.4) is 0 Å². The first-order chi connectivity index (χ1) is 10.7. The maximum Gasteiger partial charge on any atom is 0.274 e. The van der Waals surface area contributed by atoms with E-state index in [0.717, 1.165) is 62.7 Å². The van der Waals surface area contributed by atoms with Crippen molar-refractivity contribution in [3.05, 3.63) is 17.0 Å². The first kappa shape index (κ1) is 15.5. The van der Waals surface area contributed by atoms with Gasteiger partial charge in [-0.05, 0) is 44.9 Å². The van der Waals surface area contributed by atoms with Crippen molar-refractivity contribution in [2.24, 2.45) is 5.41 Å². The van der Waals surface area contributed by atoms with E-state index in [1.807, 2.05) is 4.90 Å². The summed E-state index contributed by atoms with van der Waals surface area (Å²) >= 11 is 0. The minimum absolute atomic E-state index is 0.0491. The van der Waals surface area contributed by atoms with Crippen LogP contribution in [0.25, 0.3) is 0 Å². The maximum absolute atomic E-state index is 12.9. The predicted octanol–water partition coefficient (Wildman–Crippen LogP) is 2.30. The second-order valence-electron chi connectivity index (χ2n) is 6.97. The van der Waals surface area contributed by atoms with Gasteiger partial charge in [0.1, 0.15) is 0 Å². The number of aryl methyl sites for hydroxylation is 1. The van der Waals surface area contributed by atoms with Crippen molar-refractivity contribution in [2.75, 3.05) is 19.7 Å². The zero-order valence-electron chi connectivity index (χ0n) is 13.5. The van der Waals surface area contributed by atoms with Crippen molar-refractivity contribution in [1.29, 1.82) is 0 Å². The van der Waals surface area contributed by atoms with Gasteiger partial charge >= 0.3 is 0 Å². The first-order valence-corrected chi connectivity index (χ1v) is 8.65. The summed E-state index contributed by atoms with van der Waals surface area (Å²) in [5.41, 5.74) is 2.79. The number of rotatable bonds is 4. The number of carbonyl (C=O) groups is 1. The molecule has 0 radical (unpaired) electrons. The third-order valence-corrected chi connectivity index (χ3v) is 5.32. The summed E-state index contributed by atoms with van der Waals surface area (Å²) in [5, 5.41) is 17.2. The highest BCUT2D eigenvalue weighted by Gasteiger charge is 2.37. The Morgan fingerprint density at radius 2 is 2.18 bits per heavy atom. The molecule has 1 fully saturated rings. The Morgan fingerprint density at radius 1 is 1.36 bits per heavy atom. The van der Waals surface area contributed by atoms with Gasteiger partial charge in [0.05, 0.1) is 6.61 Å². The van der Waals surface area contributed by atoms with Gasteiger partial charge < -0.3 is 10.0 Å². The average Bonchev–Trinajstić information content (AvgIpc) is 2.98. The molecule has 3 rings (SSSR count). The van der Waals surface area contributed by atoms with E-state index in [1.54, 1.807) is 0 Å². The van der Waals surface area contributed by atoms with Crippen LogP contribution in [0.4, 0.5) is 0 Å². The second-order valence-corrected chi connectivity index (χ2v) is 6.97. The van der Waals surface area contributed by atoms with E-state index in [4.69, 9.17) is 0 Å². The van der Waals surface area contributed by atoms with Crippen molar-refractivity contribution in [3.63, 3.8) is 0 Å². The van der Waals surface area contributed by atoms with E-state index in [0.29, 0.717) is 12.2 Å². The Balaban J connectivity index is 1.78. The quantitative estimate of drug-likeness (QED) is 0.897. The maximum atomic E-state index is 12.9. The molecule has 1 aliphatic carbocycles. The van der Waals surface area contributed by atoms with E-state index in [-0.39, 0.29) is 17.9 Å². The molecule has 5 nitrogen and oxygen atoms in total. The fraction of sp³-hybridized carbons (Fsp3) is 0.765. The highest BCUT2D eigenvalue weighted by molar-refractivity contribution is 5.94. The van der Waals surface area contributed by atoms with Crippen molar-refractivity contribution in [3.8, 4) is 0 Å². The Kier molecular flexibility index (Phi) is 4.52.